The molecule has 0 aromatic heterocycles. The normalized spacial score (nSPS) is 7.84. The average molecular weight is 447 g/mol. The Balaban J connectivity index is -0.000000128. The number of hydrogen-bond acceptors (Lipinski definition) is 1. The first-order chi connectivity index (χ1) is 15.6. The van der Waals surface area contributed by atoms with E-state index in [0.29, 0.717) is 0 Å². The van der Waals surface area contributed by atoms with Crippen molar-refractivity contribution in [3.8, 4) is 0 Å². The van der Waals surface area contributed by atoms with Crippen LogP contribution in [-0.2, 0) is 6.42 Å². The smallest absolute Gasteiger partial charge is 0.193 e. The third-order valence-electron chi connectivity index (χ3n) is 3.53. The fourth-order valence-corrected chi connectivity index (χ4v) is 2.23. The summed E-state index contributed by atoms with van der Waals surface area (Å²) in [5.41, 5.74) is 2.75. The molecule has 0 aliphatic heterocycles. The van der Waals surface area contributed by atoms with Crippen molar-refractivity contribution in [2.75, 3.05) is 0 Å². The van der Waals surface area contributed by atoms with Crippen molar-refractivity contribution >= 4 is 5.78 Å². The minimum atomic E-state index is 0.0863. The highest BCUT2D eigenvalue weighted by atomic mass is 16.1. The lowest BCUT2D eigenvalue weighted by molar-refractivity contribution is 0.103. The molecule has 0 bridgehead atoms. The van der Waals surface area contributed by atoms with Crippen molar-refractivity contribution in [2.24, 2.45) is 5.92 Å². The number of benzene rings is 2. The number of aryl methyl sites for hydroxylation is 1. The first-order valence-corrected chi connectivity index (χ1v) is 13.3. The zero-order chi connectivity index (χ0) is 26.4. The number of hydrogen-bond donors (Lipinski definition) is 0. The van der Waals surface area contributed by atoms with Gasteiger partial charge in [-0.05, 0) is 17.9 Å². The Labute approximate surface area is 204 Å². The first kappa shape index (κ1) is 40.5. The minimum Gasteiger partial charge on any atom is -0.289 e. The summed E-state index contributed by atoms with van der Waals surface area (Å²) in [6, 6.07) is 17.2. The molecular formula is C31H58O. The summed E-state index contributed by atoms with van der Waals surface area (Å²) in [6.07, 6.45) is 3.71. The van der Waals surface area contributed by atoms with Gasteiger partial charge in [-0.25, -0.2) is 0 Å². The third kappa shape index (κ3) is 24.4. The molecule has 32 heavy (non-hydrogen) atoms. The molecule has 0 aliphatic rings. The van der Waals surface area contributed by atoms with Gasteiger partial charge in [0, 0.05) is 11.1 Å². The maximum absolute atomic E-state index is 12.0. The first-order valence-electron chi connectivity index (χ1n) is 13.3. The molecule has 0 saturated carbocycles. The monoisotopic (exact) mass is 446 g/mol. The maximum atomic E-state index is 12.0. The van der Waals surface area contributed by atoms with Crippen LogP contribution in [0.5, 0.6) is 0 Å². The van der Waals surface area contributed by atoms with Crippen LogP contribution in [0.1, 0.15) is 131 Å². The predicted octanol–water partition coefficient (Wildman–Crippen LogP) is 11.1. The number of rotatable bonds is 5. The standard InChI is InChI=1S/C15H14O.C6H14.5C2H6/c1-2-12-8-10-14(11-9-12)15(16)13-6-4-3-5-7-13;1-4-5-6(2)3;5*1-2/h3-11H,2H2,1H3;6H,4-5H2,1-3H3;5*1-2H3. The largest absolute Gasteiger partial charge is 0.289 e. The van der Waals surface area contributed by atoms with E-state index < -0.39 is 0 Å². The molecule has 0 N–H and O–H groups in total. The lowest BCUT2D eigenvalue weighted by Gasteiger charge is -2.02. The molecule has 188 valence electrons. The molecule has 0 atom stereocenters. The lowest BCUT2D eigenvalue weighted by atomic mass is 10.0. The van der Waals surface area contributed by atoms with Gasteiger partial charge in [-0.15, -0.1) is 0 Å². The second-order valence-corrected chi connectivity index (χ2v) is 5.93. The number of ketones is 1. The highest BCUT2D eigenvalue weighted by Gasteiger charge is 2.07. The highest BCUT2D eigenvalue weighted by molar-refractivity contribution is 6.08. The Hall–Kier alpha value is -1.89. The van der Waals surface area contributed by atoms with Crippen LogP contribution in [0.25, 0.3) is 0 Å². The van der Waals surface area contributed by atoms with Crippen LogP contribution in [0.2, 0.25) is 0 Å². The number of carbonyl (C=O) groups is 1. The molecule has 0 heterocycles. The summed E-state index contributed by atoms with van der Waals surface area (Å²) >= 11 is 0. The minimum absolute atomic E-state index is 0.0863. The second-order valence-electron chi connectivity index (χ2n) is 5.93. The van der Waals surface area contributed by atoms with Crippen LogP contribution in [0.15, 0.2) is 54.6 Å². The van der Waals surface area contributed by atoms with Gasteiger partial charge < -0.3 is 0 Å². The number of carbonyl (C=O) groups excluding carboxylic acids is 1. The molecule has 2 rings (SSSR count). The summed E-state index contributed by atoms with van der Waals surface area (Å²) < 4.78 is 0. The van der Waals surface area contributed by atoms with Crippen molar-refractivity contribution in [1.82, 2.24) is 0 Å². The lowest BCUT2D eigenvalue weighted by Crippen LogP contribution is -2.00. The average Bonchev–Trinajstić information content (AvgIpc) is 2.90. The van der Waals surface area contributed by atoms with E-state index in [1.807, 2.05) is 124 Å². The van der Waals surface area contributed by atoms with Gasteiger partial charge in [-0.2, -0.15) is 0 Å². The van der Waals surface area contributed by atoms with Gasteiger partial charge in [0.2, 0.25) is 0 Å². The van der Waals surface area contributed by atoms with Crippen LogP contribution in [0.4, 0.5) is 0 Å². The molecule has 0 aliphatic carbocycles. The van der Waals surface area contributed by atoms with Crippen molar-refractivity contribution in [1.29, 1.82) is 0 Å². The Morgan fingerprint density at radius 1 is 0.625 bits per heavy atom. The summed E-state index contributed by atoms with van der Waals surface area (Å²) in [5.74, 6) is 0.984. The maximum Gasteiger partial charge on any atom is 0.193 e. The molecule has 2 aromatic carbocycles. The molecule has 0 spiro atoms. The molecule has 1 nitrogen and oxygen atoms in total. The fourth-order valence-electron chi connectivity index (χ4n) is 2.23. The van der Waals surface area contributed by atoms with E-state index in [1.54, 1.807) is 0 Å². The van der Waals surface area contributed by atoms with Gasteiger partial charge in [0.1, 0.15) is 0 Å². The summed E-state index contributed by atoms with van der Waals surface area (Å²) in [4.78, 5) is 12.0. The van der Waals surface area contributed by atoms with Gasteiger partial charge in [-0.3, -0.25) is 4.79 Å². The van der Waals surface area contributed by atoms with E-state index in [9.17, 15) is 4.79 Å². The zero-order valence-corrected chi connectivity index (χ0v) is 24.3. The van der Waals surface area contributed by atoms with Crippen molar-refractivity contribution in [3.05, 3.63) is 71.3 Å². The van der Waals surface area contributed by atoms with Gasteiger partial charge in [-0.1, -0.05) is 164 Å². The summed E-state index contributed by atoms with van der Waals surface area (Å²) in [6.45, 7) is 28.8. The van der Waals surface area contributed by atoms with E-state index >= 15 is 0 Å². The summed E-state index contributed by atoms with van der Waals surface area (Å²) in [7, 11) is 0. The van der Waals surface area contributed by atoms with Crippen molar-refractivity contribution in [2.45, 2.75) is 116 Å². The van der Waals surface area contributed by atoms with Gasteiger partial charge in [0.25, 0.3) is 0 Å². The zero-order valence-electron chi connectivity index (χ0n) is 24.3. The van der Waals surface area contributed by atoms with Gasteiger partial charge in [0.05, 0.1) is 0 Å². The SMILES string of the molecule is CC.CC.CC.CC.CC.CCCC(C)C.CCc1ccc(C(=O)c2ccccc2)cc1. The second kappa shape index (κ2) is 36.5. The topological polar surface area (TPSA) is 17.1 Å². The molecule has 0 amide bonds. The Morgan fingerprint density at radius 2 is 1.00 bits per heavy atom. The van der Waals surface area contributed by atoms with E-state index in [1.165, 1.54) is 18.4 Å². The Bertz CT molecular complexity index is 538. The predicted molar refractivity (Wildman–Crippen MR) is 152 cm³/mol. The van der Waals surface area contributed by atoms with Crippen LogP contribution < -0.4 is 0 Å². The molecule has 2 aromatic rings. The van der Waals surface area contributed by atoms with Gasteiger partial charge in [0.15, 0.2) is 5.78 Å². The van der Waals surface area contributed by atoms with Crippen molar-refractivity contribution in [3.63, 3.8) is 0 Å². The summed E-state index contributed by atoms with van der Waals surface area (Å²) in [5, 5.41) is 0. The van der Waals surface area contributed by atoms with Gasteiger partial charge >= 0.3 is 0 Å². The Morgan fingerprint density at radius 3 is 1.28 bits per heavy atom. The van der Waals surface area contributed by atoms with E-state index in [0.717, 1.165) is 23.5 Å². The highest BCUT2D eigenvalue weighted by Crippen LogP contribution is 2.11. The van der Waals surface area contributed by atoms with Crippen LogP contribution in [-0.4, -0.2) is 5.78 Å². The molecule has 0 saturated heterocycles. The Kier molecular flexibility index (Phi) is 46.1. The quantitative estimate of drug-likeness (QED) is 0.417. The molecule has 0 radical (unpaired) electrons. The third-order valence-corrected chi connectivity index (χ3v) is 3.53. The van der Waals surface area contributed by atoms with Crippen molar-refractivity contribution < 1.29 is 4.79 Å². The molecular weight excluding hydrogens is 388 g/mol. The van der Waals surface area contributed by atoms with Crippen LogP contribution >= 0.6 is 0 Å². The molecule has 1 heteroatoms. The molecule has 0 fully saturated rings. The fraction of sp³-hybridized carbons (Fsp3) is 0.581. The van der Waals surface area contributed by atoms with E-state index in [2.05, 4.69) is 27.7 Å². The molecule has 0 unspecified atom stereocenters. The van der Waals surface area contributed by atoms with Crippen LogP contribution in [0, 0.1) is 5.92 Å². The van der Waals surface area contributed by atoms with E-state index in [4.69, 9.17) is 0 Å². The van der Waals surface area contributed by atoms with E-state index in [-0.39, 0.29) is 5.78 Å². The van der Waals surface area contributed by atoms with Crippen LogP contribution in [0.3, 0.4) is 0 Å².